The van der Waals surface area contributed by atoms with Gasteiger partial charge in [-0.05, 0) is 68.1 Å². The maximum Gasteiger partial charge on any atom is 0.416 e. The second kappa shape index (κ2) is 14.2. The number of thiazole rings is 2. The number of aryl methyl sites for hydroxylation is 4. The highest BCUT2D eigenvalue weighted by Crippen LogP contribution is 2.36. The van der Waals surface area contributed by atoms with Gasteiger partial charge in [0, 0.05) is 46.9 Å². The molecule has 5 aromatic rings. The molecule has 0 fully saturated rings. The average molecular weight is 704 g/mol. The summed E-state index contributed by atoms with van der Waals surface area (Å²) in [7, 11) is 0. The zero-order valence-electron chi connectivity index (χ0n) is 26.2. The third-order valence-corrected chi connectivity index (χ3v) is 10.2. The predicted molar refractivity (Wildman–Crippen MR) is 175 cm³/mol. The number of alkyl halides is 6. The third kappa shape index (κ3) is 8.69. The molecule has 5 rings (SSSR count). The summed E-state index contributed by atoms with van der Waals surface area (Å²) in [4.78, 5) is 24.5. The number of halogens is 6. The van der Waals surface area contributed by atoms with Crippen LogP contribution in [-0.4, -0.2) is 25.9 Å². The first-order chi connectivity index (χ1) is 22.6. The van der Waals surface area contributed by atoms with Crippen LogP contribution in [0.25, 0.3) is 21.1 Å². The molecule has 0 atom stereocenters. The molecule has 0 saturated heterocycles. The van der Waals surface area contributed by atoms with Crippen molar-refractivity contribution < 1.29 is 36.2 Å². The number of nitrogens with zero attached hydrogens (tertiary/aromatic N) is 3. The van der Waals surface area contributed by atoms with E-state index in [0.29, 0.717) is 47.2 Å². The summed E-state index contributed by atoms with van der Waals surface area (Å²) in [6.07, 6.45) is -8.41. The number of hydrogen-bond acceptors (Lipinski definition) is 6. The average Bonchev–Trinajstić information content (AvgIpc) is 3.57. The van der Waals surface area contributed by atoms with E-state index in [1.807, 2.05) is 39.0 Å². The highest BCUT2D eigenvalue weighted by Gasteiger charge is 2.31. The Morgan fingerprint density at radius 3 is 1.56 bits per heavy atom. The van der Waals surface area contributed by atoms with Crippen LogP contribution in [0.3, 0.4) is 0 Å². The lowest BCUT2D eigenvalue weighted by Gasteiger charge is -2.22. The van der Waals surface area contributed by atoms with Crippen LogP contribution in [0.15, 0.2) is 66.7 Å². The van der Waals surface area contributed by atoms with Crippen molar-refractivity contribution in [3.05, 3.63) is 116 Å². The van der Waals surface area contributed by atoms with Gasteiger partial charge in [-0.25, -0.2) is 9.97 Å². The second-order valence-corrected chi connectivity index (χ2v) is 13.7. The number of aromatic nitrogens is 2. The lowest BCUT2D eigenvalue weighted by Crippen LogP contribution is -2.22. The van der Waals surface area contributed by atoms with Crippen molar-refractivity contribution in [2.45, 2.75) is 65.6 Å². The summed E-state index contributed by atoms with van der Waals surface area (Å²) in [6, 6.07) is 15.8. The number of hydrogen-bond donors (Lipinski definition) is 1. The van der Waals surface area contributed by atoms with E-state index >= 15 is 0 Å². The quantitative estimate of drug-likeness (QED) is 0.139. The van der Waals surface area contributed by atoms with Crippen LogP contribution >= 0.6 is 22.7 Å². The van der Waals surface area contributed by atoms with Gasteiger partial charge < -0.3 is 5.11 Å². The number of carboxylic acids is 1. The maximum atomic E-state index is 13.1. The van der Waals surface area contributed by atoms with E-state index < -0.39 is 29.4 Å². The summed E-state index contributed by atoms with van der Waals surface area (Å²) < 4.78 is 78.6. The minimum Gasteiger partial charge on any atom is -0.481 e. The number of carboxylic acid groups (broad SMARTS) is 1. The first kappa shape index (κ1) is 35.2. The molecule has 3 aromatic carbocycles. The molecule has 5 nitrogen and oxygen atoms in total. The van der Waals surface area contributed by atoms with Crippen molar-refractivity contribution >= 4 is 28.6 Å². The molecule has 2 heterocycles. The van der Waals surface area contributed by atoms with Crippen LogP contribution in [-0.2, 0) is 43.2 Å². The van der Waals surface area contributed by atoms with Gasteiger partial charge in [-0.2, -0.15) is 26.3 Å². The summed E-state index contributed by atoms with van der Waals surface area (Å²) in [5.74, 6) is -0.865. The lowest BCUT2D eigenvalue weighted by atomic mass is 10.0. The molecular weight excluding hydrogens is 673 g/mol. The summed E-state index contributed by atoms with van der Waals surface area (Å²) in [5, 5.41) is 10.3. The molecule has 2 aromatic heterocycles. The number of aliphatic carboxylic acids is 1. The molecule has 0 spiro atoms. The fourth-order valence-electron chi connectivity index (χ4n) is 5.21. The summed E-state index contributed by atoms with van der Waals surface area (Å²) in [5.41, 5.74) is 4.15. The van der Waals surface area contributed by atoms with E-state index in [1.165, 1.54) is 46.9 Å². The molecular formula is C35H31F6N3O2S2. The Morgan fingerprint density at radius 2 is 1.17 bits per heavy atom. The molecule has 252 valence electrons. The molecule has 0 radical (unpaired) electrons. The Kier molecular flexibility index (Phi) is 10.4. The van der Waals surface area contributed by atoms with Gasteiger partial charge >= 0.3 is 18.3 Å². The molecule has 0 aliphatic carbocycles. The zero-order valence-corrected chi connectivity index (χ0v) is 27.8. The van der Waals surface area contributed by atoms with E-state index in [1.54, 1.807) is 0 Å². The fourth-order valence-corrected chi connectivity index (χ4v) is 7.43. The number of benzene rings is 3. The van der Waals surface area contributed by atoms with Crippen molar-refractivity contribution in [1.29, 1.82) is 0 Å². The van der Waals surface area contributed by atoms with Crippen LogP contribution in [0.4, 0.5) is 26.3 Å². The molecule has 0 saturated carbocycles. The Bertz CT molecular complexity index is 1790. The Hall–Kier alpha value is -4.07. The first-order valence-electron chi connectivity index (χ1n) is 14.9. The monoisotopic (exact) mass is 703 g/mol. The molecule has 0 aliphatic heterocycles. The van der Waals surface area contributed by atoms with Gasteiger partial charge in [0.2, 0.25) is 0 Å². The van der Waals surface area contributed by atoms with Gasteiger partial charge in [-0.1, -0.05) is 42.5 Å². The van der Waals surface area contributed by atoms with Crippen molar-refractivity contribution in [2.75, 3.05) is 0 Å². The second-order valence-electron chi connectivity index (χ2n) is 11.5. The van der Waals surface area contributed by atoms with Gasteiger partial charge in [-0.3, -0.25) is 9.69 Å². The molecule has 0 amide bonds. The van der Waals surface area contributed by atoms with Crippen molar-refractivity contribution in [3.8, 4) is 21.1 Å². The van der Waals surface area contributed by atoms with Crippen LogP contribution in [0.1, 0.15) is 55.4 Å². The highest BCUT2D eigenvalue weighted by atomic mass is 32.1. The number of rotatable bonds is 11. The largest absolute Gasteiger partial charge is 0.481 e. The van der Waals surface area contributed by atoms with Crippen LogP contribution in [0.2, 0.25) is 0 Å². The van der Waals surface area contributed by atoms with E-state index in [9.17, 15) is 31.1 Å². The normalized spacial score (nSPS) is 12.2. The van der Waals surface area contributed by atoms with Gasteiger partial charge in [0.25, 0.3) is 0 Å². The van der Waals surface area contributed by atoms with E-state index in [0.717, 1.165) is 62.1 Å². The fraction of sp³-hybridized carbons (Fsp3) is 0.286. The SMILES string of the molecule is Cc1cc(CN(Cc2sc(-c3ccc(C(F)(F)F)cc3)nc2C)Cc2sc(-c3ccc(C(F)(F)F)cc3)nc2C)ccc1CCC(=O)O. The summed E-state index contributed by atoms with van der Waals surface area (Å²) in [6.45, 7) is 7.12. The Labute approximate surface area is 281 Å². The summed E-state index contributed by atoms with van der Waals surface area (Å²) >= 11 is 2.81. The minimum atomic E-state index is -4.43. The Morgan fingerprint density at radius 1 is 0.708 bits per heavy atom. The van der Waals surface area contributed by atoms with Gasteiger partial charge in [0.05, 0.1) is 22.5 Å². The van der Waals surface area contributed by atoms with E-state index in [2.05, 4.69) is 14.9 Å². The van der Waals surface area contributed by atoms with Crippen molar-refractivity contribution in [1.82, 2.24) is 14.9 Å². The molecule has 0 aliphatic rings. The van der Waals surface area contributed by atoms with Gasteiger partial charge in [0.15, 0.2) is 0 Å². The minimum absolute atomic E-state index is 0.0319. The standard InChI is InChI=1S/C35H31F6N3O2S2/c1-20-16-23(4-5-24(20)10-15-31(45)46)17-44(18-29-21(2)42-32(47-29)25-6-11-27(12-7-25)34(36,37)38)19-30-22(3)43-33(48-30)26-8-13-28(14-9-26)35(39,40)41/h4-9,11-14,16H,10,15,17-19H2,1-3H3,(H,45,46). The molecule has 1 N–H and O–H groups in total. The first-order valence-corrected chi connectivity index (χ1v) is 16.5. The smallest absolute Gasteiger partial charge is 0.416 e. The molecule has 13 heteroatoms. The van der Waals surface area contributed by atoms with Crippen molar-refractivity contribution in [3.63, 3.8) is 0 Å². The maximum absolute atomic E-state index is 13.1. The van der Waals surface area contributed by atoms with E-state index in [4.69, 9.17) is 5.11 Å². The molecule has 48 heavy (non-hydrogen) atoms. The molecule has 0 bridgehead atoms. The van der Waals surface area contributed by atoms with Crippen LogP contribution < -0.4 is 0 Å². The van der Waals surface area contributed by atoms with Crippen LogP contribution in [0.5, 0.6) is 0 Å². The molecule has 0 unspecified atom stereocenters. The van der Waals surface area contributed by atoms with Gasteiger partial charge in [0.1, 0.15) is 10.0 Å². The van der Waals surface area contributed by atoms with Gasteiger partial charge in [-0.15, -0.1) is 22.7 Å². The lowest BCUT2D eigenvalue weighted by molar-refractivity contribution is -0.138. The topological polar surface area (TPSA) is 66.3 Å². The Balaban J connectivity index is 1.42. The number of carbonyl (C=O) groups is 1. The highest BCUT2D eigenvalue weighted by molar-refractivity contribution is 7.15. The van der Waals surface area contributed by atoms with Crippen molar-refractivity contribution in [2.24, 2.45) is 0 Å². The third-order valence-electron chi connectivity index (χ3n) is 7.86. The zero-order chi connectivity index (χ0) is 34.8. The van der Waals surface area contributed by atoms with E-state index in [-0.39, 0.29) is 6.42 Å². The predicted octanol–water partition coefficient (Wildman–Crippen LogP) is 10.1. The van der Waals surface area contributed by atoms with Crippen LogP contribution in [0, 0.1) is 20.8 Å².